The van der Waals surface area contributed by atoms with Crippen LogP contribution < -0.4 is 5.32 Å². The highest BCUT2D eigenvalue weighted by molar-refractivity contribution is 7.99. The lowest BCUT2D eigenvalue weighted by molar-refractivity contribution is -0.140. The Kier molecular flexibility index (Phi) is 9.63. The van der Waals surface area contributed by atoms with Crippen molar-refractivity contribution < 1.29 is 9.59 Å². The number of likely N-dealkylation sites (N-methyl/N-ethyl adjacent to an activating group) is 1. The van der Waals surface area contributed by atoms with Gasteiger partial charge in [-0.3, -0.25) is 9.59 Å². The second-order valence-electron chi connectivity index (χ2n) is 6.38. The third kappa shape index (κ3) is 7.41. The molecule has 0 fully saturated rings. The molecular formula is C21H23Cl3N2O2S. The van der Waals surface area contributed by atoms with E-state index in [0.29, 0.717) is 33.8 Å². The van der Waals surface area contributed by atoms with Crippen LogP contribution in [0.15, 0.2) is 47.4 Å². The number of nitrogens with one attached hydrogen (secondary N) is 1. The van der Waals surface area contributed by atoms with E-state index in [2.05, 4.69) is 5.32 Å². The van der Waals surface area contributed by atoms with Crippen LogP contribution >= 0.6 is 46.6 Å². The van der Waals surface area contributed by atoms with Gasteiger partial charge in [-0.1, -0.05) is 40.9 Å². The third-order valence-corrected chi connectivity index (χ3v) is 6.13. The van der Waals surface area contributed by atoms with Gasteiger partial charge in [-0.25, -0.2) is 0 Å². The Hall–Kier alpha value is -1.40. The highest BCUT2D eigenvalue weighted by atomic mass is 35.5. The van der Waals surface area contributed by atoms with Gasteiger partial charge >= 0.3 is 0 Å². The van der Waals surface area contributed by atoms with Crippen molar-refractivity contribution in [3.63, 3.8) is 0 Å². The van der Waals surface area contributed by atoms with Gasteiger partial charge < -0.3 is 10.2 Å². The lowest BCUT2D eigenvalue weighted by Gasteiger charge is -2.29. The van der Waals surface area contributed by atoms with Crippen LogP contribution in [0.25, 0.3) is 0 Å². The molecule has 29 heavy (non-hydrogen) atoms. The normalized spacial score (nSPS) is 11.8. The zero-order valence-corrected chi connectivity index (χ0v) is 19.3. The maximum Gasteiger partial charge on any atom is 0.242 e. The Labute approximate surface area is 190 Å². The number of hydrogen-bond donors (Lipinski definition) is 1. The van der Waals surface area contributed by atoms with Crippen molar-refractivity contribution in [1.82, 2.24) is 10.2 Å². The molecule has 1 atom stereocenters. The summed E-state index contributed by atoms with van der Waals surface area (Å²) in [5, 5.41) is 4.43. The molecule has 2 rings (SSSR count). The van der Waals surface area contributed by atoms with E-state index in [1.54, 1.807) is 41.8 Å². The summed E-state index contributed by atoms with van der Waals surface area (Å²) >= 11 is 19.7. The molecule has 0 aliphatic heterocycles. The first-order valence-corrected chi connectivity index (χ1v) is 11.3. The number of nitrogens with zero attached hydrogens (tertiary/aromatic N) is 1. The molecule has 0 aromatic heterocycles. The van der Waals surface area contributed by atoms with Crippen molar-refractivity contribution in [2.45, 2.75) is 37.8 Å². The predicted octanol–water partition coefficient (Wildman–Crippen LogP) is 5.68. The minimum atomic E-state index is -0.616. The predicted molar refractivity (Wildman–Crippen MR) is 122 cm³/mol. The van der Waals surface area contributed by atoms with Gasteiger partial charge in [0, 0.05) is 45.2 Å². The maximum absolute atomic E-state index is 13.0. The number of amides is 2. The fourth-order valence-electron chi connectivity index (χ4n) is 2.67. The summed E-state index contributed by atoms with van der Waals surface area (Å²) in [7, 11) is 0. The summed E-state index contributed by atoms with van der Waals surface area (Å²) in [6.45, 7) is 4.30. The van der Waals surface area contributed by atoms with E-state index < -0.39 is 6.04 Å². The average molecular weight is 474 g/mol. The number of thioether (sulfide) groups is 1. The van der Waals surface area contributed by atoms with Gasteiger partial charge in [0.15, 0.2) is 0 Å². The number of carbonyl (C=O) groups excluding carboxylic acids is 2. The van der Waals surface area contributed by atoms with Crippen molar-refractivity contribution in [2.24, 2.45) is 0 Å². The Morgan fingerprint density at radius 2 is 1.72 bits per heavy atom. The van der Waals surface area contributed by atoms with Crippen LogP contribution in [-0.2, 0) is 16.1 Å². The standard InChI is InChI=1S/C21H23Cl3N2O2S/c1-3-25-21(28)14(2)26(13-15-4-5-17(23)12-19(15)24)20(27)10-11-29-18-8-6-16(22)7-9-18/h4-9,12,14H,3,10-11,13H2,1-2H3,(H,25,28)/t14-/m1/s1. The van der Waals surface area contributed by atoms with E-state index in [1.807, 2.05) is 31.2 Å². The molecule has 0 spiro atoms. The first-order valence-electron chi connectivity index (χ1n) is 9.21. The minimum absolute atomic E-state index is 0.115. The van der Waals surface area contributed by atoms with E-state index in [1.165, 1.54) is 0 Å². The first kappa shape index (κ1) is 23.9. The third-order valence-electron chi connectivity index (χ3n) is 4.27. The van der Waals surface area contributed by atoms with Crippen LogP contribution in [0, 0.1) is 0 Å². The molecule has 0 saturated carbocycles. The van der Waals surface area contributed by atoms with Gasteiger partial charge in [0.2, 0.25) is 11.8 Å². The Bertz CT molecular complexity index is 846. The Balaban J connectivity index is 2.09. The van der Waals surface area contributed by atoms with Crippen LogP contribution in [0.4, 0.5) is 0 Å². The van der Waals surface area contributed by atoms with Crippen molar-refractivity contribution >= 4 is 58.4 Å². The van der Waals surface area contributed by atoms with Gasteiger partial charge in [-0.2, -0.15) is 0 Å². The molecule has 0 aliphatic carbocycles. The molecule has 8 heteroatoms. The maximum atomic E-state index is 13.0. The lowest BCUT2D eigenvalue weighted by Crippen LogP contribution is -2.47. The number of hydrogen-bond acceptors (Lipinski definition) is 3. The second-order valence-corrected chi connectivity index (χ2v) is 8.83. The monoisotopic (exact) mass is 472 g/mol. The molecule has 0 saturated heterocycles. The molecule has 0 radical (unpaired) electrons. The van der Waals surface area contributed by atoms with E-state index in [-0.39, 0.29) is 18.4 Å². The summed E-state index contributed by atoms with van der Waals surface area (Å²) in [5.74, 6) is 0.278. The summed E-state index contributed by atoms with van der Waals surface area (Å²) in [5.41, 5.74) is 0.742. The van der Waals surface area contributed by atoms with Gasteiger partial charge in [0.1, 0.15) is 6.04 Å². The van der Waals surface area contributed by atoms with Gasteiger partial charge in [-0.05, 0) is 55.8 Å². The van der Waals surface area contributed by atoms with Gasteiger partial charge in [-0.15, -0.1) is 11.8 Å². The lowest BCUT2D eigenvalue weighted by atomic mass is 10.1. The summed E-state index contributed by atoms with van der Waals surface area (Å²) in [4.78, 5) is 27.9. The Morgan fingerprint density at radius 1 is 1.07 bits per heavy atom. The van der Waals surface area contributed by atoms with Crippen LogP contribution in [0.3, 0.4) is 0 Å². The SMILES string of the molecule is CCNC(=O)[C@@H](C)N(Cc1ccc(Cl)cc1Cl)C(=O)CCSc1ccc(Cl)cc1. The molecule has 0 aliphatic rings. The van der Waals surface area contributed by atoms with E-state index in [9.17, 15) is 9.59 Å². The second kappa shape index (κ2) is 11.7. The van der Waals surface area contributed by atoms with Crippen LogP contribution in [-0.4, -0.2) is 35.1 Å². The molecule has 0 unspecified atom stereocenters. The van der Waals surface area contributed by atoms with Crippen molar-refractivity contribution in [3.05, 3.63) is 63.1 Å². The Morgan fingerprint density at radius 3 is 2.34 bits per heavy atom. The van der Waals surface area contributed by atoms with Crippen LogP contribution in [0.5, 0.6) is 0 Å². The molecule has 2 aromatic carbocycles. The quantitative estimate of drug-likeness (QED) is 0.476. The summed E-state index contributed by atoms with van der Waals surface area (Å²) in [6, 6.07) is 12.0. The fraction of sp³-hybridized carbons (Fsp3) is 0.333. The van der Waals surface area contributed by atoms with Crippen LogP contribution in [0.1, 0.15) is 25.8 Å². The molecule has 2 aromatic rings. The smallest absolute Gasteiger partial charge is 0.242 e. The molecule has 156 valence electrons. The van der Waals surface area contributed by atoms with Crippen molar-refractivity contribution in [2.75, 3.05) is 12.3 Å². The van der Waals surface area contributed by atoms with Crippen molar-refractivity contribution in [3.8, 4) is 0 Å². The fourth-order valence-corrected chi connectivity index (χ4v) is 4.10. The summed E-state index contributed by atoms with van der Waals surface area (Å²) in [6.07, 6.45) is 0.294. The number of benzene rings is 2. The average Bonchev–Trinajstić information content (AvgIpc) is 2.68. The largest absolute Gasteiger partial charge is 0.355 e. The van der Waals surface area contributed by atoms with Crippen LogP contribution in [0.2, 0.25) is 15.1 Å². The van der Waals surface area contributed by atoms with E-state index >= 15 is 0 Å². The highest BCUT2D eigenvalue weighted by Gasteiger charge is 2.26. The van der Waals surface area contributed by atoms with Crippen molar-refractivity contribution in [1.29, 1.82) is 0 Å². The molecule has 4 nitrogen and oxygen atoms in total. The molecule has 0 heterocycles. The topological polar surface area (TPSA) is 49.4 Å². The summed E-state index contributed by atoms with van der Waals surface area (Å²) < 4.78 is 0. The zero-order valence-electron chi connectivity index (χ0n) is 16.3. The minimum Gasteiger partial charge on any atom is -0.355 e. The number of rotatable bonds is 9. The van der Waals surface area contributed by atoms with Gasteiger partial charge in [0.25, 0.3) is 0 Å². The number of halogens is 3. The molecule has 2 amide bonds. The molecule has 1 N–H and O–H groups in total. The van der Waals surface area contributed by atoms with E-state index in [4.69, 9.17) is 34.8 Å². The highest BCUT2D eigenvalue weighted by Crippen LogP contribution is 2.25. The molecular weight excluding hydrogens is 451 g/mol. The molecule has 0 bridgehead atoms. The zero-order chi connectivity index (χ0) is 21.4. The van der Waals surface area contributed by atoms with E-state index in [0.717, 1.165) is 10.5 Å². The first-order chi connectivity index (χ1) is 13.8. The van der Waals surface area contributed by atoms with Gasteiger partial charge in [0.05, 0.1) is 0 Å². The number of carbonyl (C=O) groups is 2.